The number of carbonyl (C=O) groups excluding carboxylic acids is 1. The van der Waals surface area contributed by atoms with Gasteiger partial charge in [-0.15, -0.1) is 0 Å². The van der Waals surface area contributed by atoms with E-state index in [1.807, 2.05) is 31.2 Å². The molecule has 150 valence electrons. The van der Waals surface area contributed by atoms with Crippen molar-refractivity contribution in [3.63, 3.8) is 0 Å². The first-order valence-corrected chi connectivity index (χ1v) is 9.58. The number of rotatable bonds is 6. The van der Waals surface area contributed by atoms with Crippen LogP contribution in [0.5, 0.6) is 0 Å². The minimum atomic E-state index is -0.278. The molecule has 0 unspecified atom stereocenters. The average Bonchev–Trinajstić information content (AvgIpc) is 3.41. The summed E-state index contributed by atoms with van der Waals surface area (Å²) in [7, 11) is 0. The fraction of sp³-hybridized carbons (Fsp3) is 0.333. The summed E-state index contributed by atoms with van der Waals surface area (Å²) in [5.74, 6) is 0.506. The first-order valence-electron chi connectivity index (χ1n) is 9.58. The van der Waals surface area contributed by atoms with Crippen molar-refractivity contribution in [2.75, 3.05) is 13.2 Å². The maximum atomic E-state index is 12.2. The Hall–Kier alpha value is -3.26. The molecule has 8 nitrogen and oxygen atoms in total. The van der Waals surface area contributed by atoms with Crippen LogP contribution in [-0.2, 0) is 16.1 Å². The number of nitrogens with one attached hydrogen (secondary N) is 1. The van der Waals surface area contributed by atoms with Crippen molar-refractivity contribution in [2.24, 2.45) is 0 Å². The number of carbonyl (C=O) groups is 1. The molecule has 1 aliphatic heterocycles. The highest BCUT2D eigenvalue weighted by Gasteiger charge is 2.17. The lowest BCUT2D eigenvalue weighted by atomic mass is 10.1. The van der Waals surface area contributed by atoms with Crippen molar-refractivity contribution in [1.29, 1.82) is 0 Å². The Morgan fingerprint density at radius 2 is 2.00 bits per heavy atom. The SMILES string of the molecule is Cc1ccc(-c2noc(-c3ccc(=O)n(CC(=O)NC[C@H]4CCCO4)c3)n2)cc1. The summed E-state index contributed by atoms with van der Waals surface area (Å²) in [6.07, 6.45) is 3.56. The molecular weight excluding hydrogens is 372 g/mol. The second-order valence-corrected chi connectivity index (χ2v) is 7.11. The summed E-state index contributed by atoms with van der Waals surface area (Å²) in [5, 5.41) is 6.83. The summed E-state index contributed by atoms with van der Waals surface area (Å²) in [4.78, 5) is 28.8. The third-order valence-corrected chi connectivity index (χ3v) is 4.83. The Labute approximate surface area is 167 Å². The van der Waals surface area contributed by atoms with Gasteiger partial charge in [0.05, 0.1) is 11.7 Å². The van der Waals surface area contributed by atoms with Crippen molar-refractivity contribution in [2.45, 2.75) is 32.4 Å². The molecule has 0 bridgehead atoms. The molecule has 1 atom stereocenters. The molecule has 4 rings (SSSR count). The Morgan fingerprint density at radius 3 is 2.76 bits per heavy atom. The molecule has 1 aromatic carbocycles. The van der Waals surface area contributed by atoms with E-state index in [4.69, 9.17) is 9.26 Å². The molecule has 0 radical (unpaired) electrons. The quantitative estimate of drug-likeness (QED) is 0.688. The third kappa shape index (κ3) is 4.60. The van der Waals surface area contributed by atoms with E-state index in [1.54, 1.807) is 12.3 Å². The molecule has 8 heteroatoms. The minimum Gasteiger partial charge on any atom is -0.376 e. The zero-order chi connectivity index (χ0) is 20.2. The van der Waals surface area contributed by atoms with E-state index < -0.39 is 0 Å². The van der Waals surface area contributed by atoms with E-state index in [0.717, 1.165) is 30.6 Å². The van der Waals surface area contributed by atoms with Crippen molar-refractivity contribution >= 4 is 5.91 Å². The second kappa shape index (κ2) is 8.40. The number of amides is 1. The number of nitrogens with zero attached hydrogens (tertiary/aromatic N) is 3. The Morgan fingerprint density at radius 1 is 1.21 bits per heavy atom. The maximum absolute atomic E-state index is 12.2. The smallest absolute Gasteiger partial charge is 0.259 e. The van der Waals surface area contributed by atoms with Crippen LogP contribution in [0.2, 0.25) is 0 Å². The number of hydrogen-bond donors (Lipinski definition) is 1. The van der Waals surface area contributed by atoms with E-state index >= 15 is 0 Å². The number of aryl methyl sites for hydroxylation is 1. The van der Waals surface area contributed by atoms with Crippen LogP contribution in [0.25, 0.3) is 22.8 Å². The number of pyridine rings is 1. The highest BCUT2D eigenvalue weighted by atomic mass is 16.5. The molecule has 3 aromatic rings. The van der Waals surface area contributed by atoms with Gasteiger partial charge in [-0.05, 0) is 25.8 Å². The highest BCUT2D eigenvalue weighted by Crippen LogP contribution is 2.21. The summed E-state index contributed by atoms with van der Waals surface area (Å²) in [6, 6.07) is 10.8. The standard InChI is InChI=1S/C21H22N4O4/c1-14-4-6-15(7-5-14)20-23-21(29-24-20)16-8-9-19(27)25(12-16)13-18(26)22-11-17-3-2-10-28-17/h4-9,12,17H,2-3,10-11,13H2,1H3,(H,22,26)/t17-/m1/s1. The molecule has 1 aliphatic rings. The molecule has 1 amide bonds. The summed E-state index contributed by atoms with van der Waals surface area (Å²) < 4.78 is 12.2. The monoisotopic (exact) mass is 394 g/mol. The van der Waals surface area contributed by atoms with Crippen molar-refractivity contribution in [3.05, 3.63) is 58.5 Å². The molecule has 0 spiro atoms. The summed E-state index contributed by atoms with van der Waals surface area (Å²) in [5.41, 5.74) is 2.27. The van der Waals surface area contributed by atoms with Gasteiger partial charge >= 0.3 is 0 Å². The molecule has 1 fully saturated rings. The zero-order valence-corrected chi connectivity index (χ0v) is 16.1. The first-order chi connectivity index (χ1) is 14.1. The highest BCUT2D eigenvalue weighted by molar-refractivity contribution is 5.75. The predicted molar refractivity (Wildman–Crippen MR) is 106 cm³/mol. The minimum absolute atomic E-state index is 0.0561. The van der Waals surface area contributed by atoms with E-state index in [0.29, 0.717) is 17.9 Å². The van der Waals surface area contributed by atoms with Crippen molar-refractivity contribution in [1.82, 2.24) is 20.0 Å². The van der Waals surface area contributed by atoms with Gasteiger partial charge in [-0.3, -0.25) is 9.59 Å². The molecule has 0 saturated carbocycles. The van der Waals surface area contributed by atoms with Gasteiger partial charge in [0.25, 0.3) is 11.4 Å². The lowest BCUT2D eigenvalue weighted by Gasteiger charge is -2.11. The third-order valence-electron chi connectivity index (χ3n) is 4.83. The zero-order valence-electron chi connectivity index (χ0n) is 16.1. The molecular formula is C21H22N4O4. The van der Waals surface area contributed by atoms with Gasteiger partial charge in [-0.25, -0.2) is 0 Å². The fourth-order valence-electron chi connectivity index (χ4n) is 3.19. The Balaban J connectivity index is 1.47. The van der Waals surface area contributed by atoms with Crippen molar-refractivity contribution < 1.29 is 14.1 Å². The van der Waals surface area contributed by atoms with Crippen LogP contribution in [-0.4, -0.2) is 39.9 Å². The maximum Gasteiger partial charge on any atom is 0.259 e. The van der Waals surface area contributed by atoms with E-state index in [2.05, 4.69) is 15.5 Å². The number of hydrogen-bond acceptors (Lipinski definition) is 6. The van der Waals surface area contributed by atoms with Crippen molar-refractivity contribution in [3.8, 4) is 22.8 Å². The molecule has 29 heavy (non-hydrogen) atoms. The van der Waals surface area contributed by atoms with Crippen LogP contribution in [0, 0.1) is 6.92 Å². The molecule has 1 saturated heterocycles. The number of ether oxygens (including phenoxy) is 1. The number of aromatic nitrogens is 3. The predicted octanol–water partition coefficient (Wildman–Crippen LogP) is 2.17. The fourth-order valence-corrected chi connectivity index (χ4v) is 3.19. The summed E-state index contributed by atoms with van der Waals surface area (Å²) >= 11 is 0. The van der Waals surface area contributed by atoms with Gasteiger partial charge in [-0.2, -0.15) is 4.98 Å². The molecule has 1 N–H and O–H groups in total. The first kappa shape index (κ1) is 19.1. The van der Waals surface area contributed by atoms with Crippen LogP contribution >= 0.6 is 0 Å². The number of benzene rings is 1. The van der Waals surface area contributed by atoms with Crippen LogP contribution in [0.3, 0.4) is 0 Å². The Kier molecular flexibility index (Phi) is 5.53. The molecule has 3 heterocycles. The lowest BCUT2D eigenvalue weighted by molar-refractivity contribution is -0.122. The second-order valence-electron chi connectivity index (χ2n) is 7.11. The lowest BCUT2D eigenvalue weighted by Crippen LogP contribution is -2.36. The van der Waals surface area contributed by atoms with E-state index in [-0.39, 0.29) is 30.0 Å². The van der Waals surface area contributed by atoms with Gasteiger partial charge < -0.3 is 19.1 Å². The van der Waals surface area contributed by atoms with Gasteiger partial charge in [0.1, 0.15) is 6.54 Å². The van der Waals surface area contributed by atoms with Crippen LogP contribution in [0.4, 0.5) is 0 Å². The van der Waals surface area contributed by atoms with Gasteiger partial charge in [0.2, 0.25) is 11.7 Å². The average molecular weight is 394 g/mol. The van der Waals surface area contributed by atoms with Crippen LogP contribution < -0.4 is 10.9 Å². The van der Waals surface area contributed by atoms with E-state index in [9.17, 15) is 9.59 Å². The van der Waals surface area contributed by atoms with Crippen LogP contribution in [0.1, 0.15) is 18.4 Å². The normalized spacial score (nSPS) is 16.1. The van der Waals surface area contributed by atoms with E-state index in [1.165, 1.54) is 10.6 Å². The van der Waals surface area contributed by atoms with Gasteiger partial charge in [-0.1, -0.05) is 35.0 Å². The molecule has 0 aliphatic carbocycles. The topological polar surface area (TPSA) is 99.2 Å². The van der Waals surface area contributed by atoms with Gasteiger partial charge in [0.15, 0.2) is 0 Å². The summed E-state index contributed by atoms with van der Waals surface area (Å²) in [6.45, 7) is 3.11. The Bertz CT molecular complexity index is 1050. The van der Waals surface area contributed by atoms with Gasteiger partial charge in [0, 0.05) is 31.0 Å². The van der Waals surface area contributed by atoms with Crippen LogP contribution in [0.15, 0.2) is 51.9 Å². The molecule has 2 aromatic heterocycles. The largest absolute Gasteiger partial charge is 0.376 e.